The van der Waals surface area contributed by atoms with E-state index in [9.17, 15) is 9.59 Å². The van der Waals surface area contributed by atoms with Crippen LogP contribution in [-0.2, 0) is 41.5 Å². The second-order valence-corrected chi connectivity index (χ2v) is 7.29. The van der Waals surface area contributed by atoms with E-state index in [0.717, 1.165) is 31.2 Å². The summed E-state index contributed by atoms with van der Waals surface area (Å²) in [5.74, 6) is -0.633. The van der Waals surface area contributed by atoms with Gasteiger partial charge in [-0.05, 0) is 41.1 Å². The molecule has 0 fully saturated rings. The molecule has 0 radical (unpaired) electrons. The molecule has 0 unspecified atom stereocenters. The number of hydrogen-bond donors (Lipinski definition) is 3. The second kappa shape index (κ2) is 8.05. The Morgan fingerprint density at radius 3 is 2.64 bits per heavy atom. The number of halogens is 1. The largest absolute Gasteiger partial charge is 0.410 e. The Kier molecular flexibility index (Phi) is 6.37. The summed E-state index contributed by atoms with van der Waals surface area (Å²) >= 11 is 16.4. The molecule has 5 nitrogen and oxygen atoms in total. The number of thiocarbonyl (C=S) groups is 1. The molecule has 0 spiro atoms. The first kappa shape index (κ1) is 17.4. The summed E-state index contributed by atoms with van der Waals surface area (Å²) in [5, 5.41) is 3.50. The van der Waals surface area contributed by atoms with Crippen LogP contribution in [0.4, 0.5) is 5.00 Å². The quantitative estimate of drug-likeness (QED) is 0.323. The first-order valence-electron chi connectivity index (χ1n) is 6.76. The highest BCUT2D eigenvalue weighted by Gasteiger charge is 2.23. The van der Waals surface area contributed by atoms with Crippen LogP contribution in [0.1, 0.15) is 28.8 Å². The number of aryl methyl sites for hydroxylation is 1. The van der Waals surface area contributed by atoms with Crippen molar-refractivity contribution in [3.05, 3.63) is 16.0 Å². The first-order valence-corrected chi connectivity index (χ1v) is 8.93. The fourth-order valence-corrected chi connectivity index (χ4v) is 3.90. The van der Waals surface area contributed by atoms with Gasteiger partial charge in [0.25, 0.3) is 0 Å². The molecule has 2 rings (SSSR count). The van der Waals surface area contributed by atoms with Gasteiger partial charge in [-0.1, -0.05) is 0 Å². The Morgan fingerprint density at radius 1 is 1.23 bits per heavy atom. The molecule has 1 aliphatic carbocycles. The number of hydrazine groups is 1. The number of nitrogens with one attached hydrogen (secondary N) is 3. The number of carbonyl (C=O) groups is 2. The summed E-state index contributed by atoms with van der Waals surface area (Å²) in [7, 11) is 0. The first-order chi connectivity index (χ1) is 10.5. The van der Waals surface area contributed by atoms with Crippen LogP contribution in [0.25, 0.3) is 0 Å². The van der Waals surface area contributed by atoms with Crippen LogP contribution >= 0.6 is 35.2 Å². The predicted molar refractivity (Wildman–Crippen MR) is 95.3 cm³/mol. The fourth-order valence-electron chi connectivity index (χ4n) is 2.40. The van der Waals surface area contributed by atoms with Crippen molar-refractivity contribution in [3.8, 4) is 0 Å². The molecule has 9 heteroatoms. The van der Waals surface area contributed by atoms with Crippen molar-refractivity contribution >= 4 is 68.9 Å². The highest BCUT2D eigenvalue weighted by atomic mass is 35.5. The summed E-state index contributed by atoms with van der Waals surface area (Å²) in [6.45, 7) is 0. The standard InChI is InChI=1S/C13H16ClN3O2S3/c14-6-11(19)15-12-8(5-10(18)16-17-13(20)21)7-3-1-2-4-9(7)22-12/h1-6H2,(H,15,19)(H,16,18)(H2,17,20,21)/p-1. The van der Waals surface area contributed by atoms with Gasteiger partial charge in [0.2, 0.25) is 11.8 Å². The van der Waals surface area contributed by atoms with Crippen LogP contribution in [0.5, 0.6) is 0 Å². The zero-order chi connectivity index (χ0) is 16.1. The van der Waals surface area contributed by atoms with Crippen LogP contribution in [0.2, 0.25) is 0 Å². The molecule has 1 heterocycles. The lowest BCUT2D eigenvalue weighted by Crippen LogP contribution is -2.40. The van der Waals surface area contributed by atoms with Crippen molar-refractivity contribution in [2.45, 2.75) is 32.1 Å². The van der Waals surface area contributed by atoms with Crippen molar-refractivity contribution < 1.29 is 9.59 Å². The van der Waals surface area contributed by atoms with E-state index in [1.165, 1.54) is 21.8 Å². The highest BCUT2D eigenvalue weighted by Crippen LogP contribution is 2.38. The minimum absolute atomic E-state index is 0.0800. The van der Waals surface area contributed by atoms with Crippen LogP contribution in [-0.4, -0.2) is 22.0 Å². The fraction of sp³-hybridized carbons (Fsp3) is 0.462. The smallest absolute Gasteiger partial charge is 0.242 e. The van der Waals surface area contributed by atoms with Crippen LogP contribution in [0.3, 0.4) is 0 Å². The minimum Gasteiger partial charge on any atom is -0.410 e. The Bertz CT molecular complexity index is 604. The number of carbonyl (C=O) groups excluding carboxylic acids is 2. The van der Waals surface area contributed by atoms with Gasteiger partial charge in [-0.2, -0.15) is 0 Å². The maximum atomic E-state index is 12.0. The Hall–Kier alpha value is -0.960. The molecule has 0 aromatic carbocycles. The zero-order valence-corrected chi connectivity index (χ0v) is 14.9. The third-order valence-electron chi connectivity index (χ3n) is 3.30. The van der Waals surface area contributed by atoms with Crippen molar-refractivity contribution in [2.24, 2.45) is 0 Å². The SMILES string of the molecule is O=C(Cc1c(NC(=O)CCl)sc2c1CCCC2)NNC(=S)[S-]. The summed E-state index contributed by atoms with van der Waals surface area (Å²) in [4.78, 5) is 24.8. The van der Waals surface area contributed by atoms with Crippen LogP contribution < -0.4 is 16.2 Å². The number of fused-ring (bicyclic) bond motifs is 1. The highest BCUT2D eigenvalue weighted by molar-refractivity contribution is 8.00. The Morgan fingerprint density at radius 2 is 1.95 bits per heavy atom. The Labute approximate surface area is 148 Å². The lowest BCUT2D eigenvalue weighted by Gasteiger charge is -2.14. The maximum Gasteiger partial charge on any atom is 0.242 e. The van der Waals surface area contributed by atoms with E-state index in [0.29, 0.717) is 5.00 Å². The lowest BCUT2D eigenvalue weighted by molar-refractivity contribution is -0.121. The predicted octanol–water partition coefficient (Wildman–Crippen LogP) is 1.80. The molecular weight excluding hydrogens is 362 g/mol. The van der Waals surface area contributed by atoms with E-state index in [1.807, 2.05) is 0 Å². The van der Waals surface area contributed by atoms with E-state index in [1.54, 1.807) is 0 Å². The number of rotatable bonds is 4. The van der Waals surface area contributed by atoms with E-state index in [-0.39, 0.29) is 28.4 Å². The number of anilines is 1. The van der Waals surface area contributed by atoms with E-state index >= 15 is 0 Å². The van der Waals surface area contributed by atoms with Crippen molar-refractivity contribution in [1.82, 2.24) is 10.9 Å². The molecule has 3 N–H and O–H groups in total. The lowest BCUT2D eigenvalue weighted by atomic mass is 9.94. The Balaban J connectivity index is 2.19. The second-order valence-electron chi connectivity index (χ2n) is 4.84. The molecule has 120 valence electrons. The molecule has 0 aliphatic heterocycles. The van der Waals surface area contributed by atoms with Crippen molar-refractivity contribution in [2.75, 3.05) is 11.2 Å². The van der Waals surface area contributed by atoms with Crippen LogP contribution in [0, 0.1) is 0 Å². The van der Waals surface area contributed by atoms with E-state index in [4.69, 9.17) is 11.6 Å². The number of alkyl halides is 1. The van der Waals surface area contributed by atoms with Gasteiger partial charge in [0.05, 0.1) is 11.4 Å². The number of thiophene rings is 1. The van der Waals surface area contributed by atoms with Crippen molar-refractivity contribution in [1.29, 1.82) is 0 Å². The summed E-state index contributed by atoms with van der Waals surface area (Å²) in [6.07, 6.45) is 4.30. The van der Waals surface area contributed by atoms with Crippen LogP contribution in [0.15, 0.2) is 0 Å². The van der Waals surface area contributed by atoms with Gasteiger partial charge < -0.3 is 35.6 Å². The molecule has 0 saturated carbocycles. The third kappa shape index (κ3) is 4.52. The molecule has 0 bridgehead atoms. The monoisotopic (exact) mass is 376 g/mol. The van der Waals surface area contributed by atoms with Gasteiger partial charge in [0.15, 0.2) is 0 Å². The average molecular weight is 377 g/mol. The molecule has 2 amide bonds. The molecular formula is C13H15ClN3O2S3-. The van der Waals surface area contributed by atoms with Gasteiger partial charge in [-0.25, -0.2) is 0 Å². The molecule has 0 atom stereocenters. The van der Waals surface area contributed by atoms with E-state index < -0.39 is 0 Å². The van der Waals surface area contributed by atoms with E-state index in [2.05, 4.69) is 41.0 Å². The average Bonchev–Trinajstić information content (AvgIpc) is 2.83. The van der Waals surface area contributed by atoms with Gasteiger partial charge in [0.1, 0.15) is 5.88 Å². The molecule has 1 aromatic rings. The number of hydrogen-bond acceptors (Lipinski definition) is 5. The zero-order valence-electron chi connectivity index (χ0n) is 11.7. The minimum atomic E-state index is -0.271. The molecule has 22 heavy (non-hydrogen) atoms. The van der Waals surface area contributed by atoms with Gasteiger partial charge in [-0.3, -0.25) is 15.0 Å². The molecule has 0 saturated heterocycles. The third-order valence-corrected chi connectivity index (χ3v) is 4.99. The van der Waals surface area contributed by atoms with Gasteiger partial charge in [0, 0.05) is 4.88 Å². The molecule has 1 aromatic heterocycles. The summed E-state index contributed by atoms with van der Waals surface area (Å²) < 4.78 is 0.0800. The summed E-state index contributed by atoms with van der Waals surface area (Å²) in [6, 6.07) is 0. The summed E-state index contributed by atoms with van der Waals surface area (Å²) in [5.41, 5.74) is 6.95. The van der Waals surface area contributed by atoms with Gasteiger partial charge >= 0.3 is 0 Å². The normalized spacial score (nSPS) is 13.1. The van der Waals surface area contributed by atoms with Gasteiger partial charge in [-0.15, -0.1) is 22.9 Å². The number of amides is 2. The topological polar surface area (TPSA) is 70.2 Å². The maximum absolute atomic E-state index is 12.0. The van der Waals surface area contributed by atoms with Crippen molar-refractivity contribution in [3.63, 3.8) is 0 Å². The molecule has 1 aliphatic rings.